The molecule has 5 heteroatoms. The molecule has 2 rings (SSSR count). The highest BCUT2D eigenvalue weighted by Gasteiger charge is 2.12. The highest BCUT2D eigenvalue weighted by Crippen LogP contribution is 2.18. The maximum Gasteiger partial charge on any atom is 0.0947 e. The Labute approximate surface area is 109 Å². The van der Waals surface area contributed by atoms with E-state index in [1.807, 2.05) is 37.4 Å². The van der Waals surface area contributed by atoms with Crippen LogP contribution in [-0.2, 0) is 13.5 Å². The van der Waals surface area contributed by atoms with Crippen molar-refractivity contribution in [1.29, 1.82) is 0 Å². The Hall–Kier alpha value is -1.20. The van der Waals surface area contributed by atoms with Gasteiger partial charge in [0.25, 0.3) is 0 Å². The van der Waals surface area contributed by atoms with Crippen LogP contribution < -0.4 is 5.32 Å². The zero-order valence-corrected chi connectivity index (χ0v) is 11.5. The van der Waals surface area contributed by atoms with Crippen LogP contribution in [0, 0.1) is 0 Å². The van der Waals surface area contributed by atoms with Gasteiger partial charge in [-0.1, -0.05) is 0 Å². The van der Waals surface area contributed by atoms with Crippen molar-refractivity contribution in [1.82, 2.24) is 19.9 Å². The summed E-state index contributed by atoms with van der Waals surface area (Å²) in [5.41, 5.74) is 2.24. The number of imidazole rings is 1. The van der Waals surface area contributed by atoms with Crippen molar-refractivity contribution in [2.24, 2.45) is 7.05 Å². The first-order valence-corrected chi connectivity index (χ1v) is 6.23. The largest absolute Gasteiger partial charge is 0.340 e. The second-order valence-corrected chi connectivity index (χ2v) is 4.94. The molecule has 0 bridgehead atoms. The number of hydrogen-bond donors (Lipinski definition) is 1. The van der Waals surface area contributed by atoms with Crippen LogP contribution >= 0.6 is 15.9 Å². The van der Waals surface area contributed by atoms with Crippen LogP contribution in [0.2, 0.25) is 0 Å². The SMILES string of the molecule is CNC(Cc1cncc(Br)c1)c1cn(C)cn1. The fourth-order valence-corrected chi connectivity index (χ4v) is 2.18. The Balaban J connectivity index is 2.15. The molecule has 0 aliphatic rings. The molecule has 0 spiro atoms. The first-order chi connectivity index (χ1) is 8.19. The minimum Gasteiger partial charge on any atom is -0.340 e. The Bertz CT molecular complexity index is 495. The number of hydrogen-bond acceptors (Lipinski definition) is 3. The van der Waals surface area contributed by atoms with Gasteiger partial charge in [-0.3, -0.25) is 4.98 Å². The van der Waals surface area contributed by atoms with Crippen molar-refractivity contribution < 1.29 is 0 Å². The molecule has 2 heterocycles. The summed E-state index contributed by atoms with van der Waals surface area (Å²) in [6.45, 7) is 0. The van der Waals surface area contributed by atoms with Crippen molar-refractivity contribution in [3.8, 4) is 0 Å². The predicted molar refractivity (Wildman–Crippen MR) is 70.6 cm³/mol. The summed E-state index contributed by atoms with van der Waals surface area (Å²) in [4.78, 5) is 8.54. The average Bonchev–Trinajstić information content (AvgIpc) is 2.73. The van der Waals surface area contributed by atoms with Gasteiger partial charge in [0.2, 0.25) is 0 Å². The van der Waals surface area contributed by atoms with Gasteiger partial charge in [0, 0.05) is 30.1 Å². The zero-order chi connectivity index (χ0) is 12.3. The first kappa shape index (κ1) is 12.3. The number of likely N-dealkylation sites (N-methyl/N-ethyl adjacent to an activating group) is 1. The number of halogens is 1. The van der Waals surface area contributed by atoms with Crippen LogP contribution in [0.3, 0.4) is 0 Å². The van der Waals surface area contributed by atoms with Crippen molar-refractivity contribution in [3.05, 3.63) is 46.7 Å². The number of nitrogens with zero attached hydrogens (tertiary/aromatic N) is 3. The van der Waals surface area contributed by atoms with Crippen LogP contribution in [0.25, 0.3) is 0 Å². The molecule has 2 aromatic rings. The van der Waals surface area contributed by atoms with E-state index >= 15 is 0 Å². The van der Waals surface area contributed by atoms with E-state index in [9.17, 15) is 0 Å². The molecule has 90 valence electrons. The normalized spacial score (nSPS) is 12.6. The quantitative estimate of drug-likeness (QED) is 0.939. The van der Waals surface area contributed by atoms with Gasteiger partial charge in [-0.15, -0.1) is 0 Å². The highest BCUT2D eigenvalue weighted by atomic mass is 79.9. The molecule has 1 unspecified atom stereocenters. The Morgan fingerprint density at radius 2 is 2.29 bits per heavy atom. The Morgan fingerprint density at radius 1 is 1.47 bits per heavy atom. The van der Waals surface area contributed by atoms with Gasteiger partial charge in [0.15, 0.2) is 0 Å². The summed E-state index contributed by atoms with van der Waals surface area (Å²) in [5, 5.41) is 3.28. The second kappa shape index (κ2) is 5.42. The fourth-order valence-electron chi connectivity index (χ4n) is 1.77. The van der Waals surface area contributed by atoms with Gasteiger partial charge >= 0.3 is 0 Å². The molecule has 0 radical (unpaired) electrons. The van der Waals surface area contributed by atoms with Crippen LogP contribution in [0.4, 0.5) is 0 Å². The lowest BCUT2D eigenvalue weighted by atomic mass is 10.1. The van der Waals surface area contributed by atoms with Crippen LogP contribution in [-0.4, -0.2) is 21.6 Å². The highest BCUT2D eigenvalue weighted by molar-refractivity contribution is 9.10. The summed E-state index contributed by atoms with van der Waals surface area (Å²) in [5.74, 6) is 0. The number of aryl methyl sites for hydroxylation is 1. The number of pyridine rings is 1. The number of rotatable bonds is 4. The molecule has 0 fully saturated rings. The molecule has 1 atom stereocenters. The molecule has 0 aromatic carbocycles. The first-order valence-electron chi connectivity index (χ1n) is 5.43. The van der Waals surface area contributed by atoms with E-state index < -0.39 is 0 Å². The number of nitrogens with one attached hydrogen (secondary N) is 1. The van der Waals surface area contributed by atoms with Crippen molar-refractivity contribution in [2.45, 2.75) is 12.5 Å². The predicted octanol–water partition coefficient (Wildman–Crippen LogP) is 2.08. The van der Waals surface area contributed by atoms with E-state index in [2.05, 4.69) is 37.3 Å². The molecule has 0 aliphatic carbocycles. The molecular formula is C12H15BrN4. The lowest BCUT2D eigenvalue weighted by Crippen LogP contribution is -2.19. The van der Waals surface area contributed by atoms with E-state index in [1.165, 1.54) is 5.56 Å². The van der Waals surface area contributed by atoms with Crippen LogP contribution in [0.1, 0.15) is 17.3 Å². The minimum atomic E-state index is 0.215. The van der Waals surface area contributed by atoms with Gasteiger partial charge in [-0.05, 0) is 41.0 Å². The minimum absolute atomic E-state index is 0.215. The van der Waals surface area contributed by atoms with Gasteiger partial charge < -0.3 is 9.88 Å². The second-order valence-electron chi connectivity index (χ2n) is 4.02. The molecule has 0 amide bonds. The third kappa shape index (κ3) is 3.14. The van der Waals surface area contributed by atoms with E-state index in [-0.39, 0.29) is 6.04 Å². The monoisotopic (exact) mass is 294 g/mol. The average molecular weight is 295 g/mol. The molecular weight excluding hydrogens is 280 g/mol. The summed E-state index contributed by atoms with van der Waals surface area (Å²) in [6, 6.07) is 2.30. The number of aromatic nitrogens is 3. The maximum atomic E-state index is 4.37. The van der Waals surface area contributed by atoms with Crippen molar-refractivity contribution >= 4 is 15.9 Å². The molecule has 0 saturated heterocycles. The van der Waals surface area contributed by atoms with E-state index in [0.29, 0.717) is 0 Å². The Kier molecular flexibility index (Phi) is 3.91. The summed E-state index contributed by atoms with van der Waals surface area (Å²) in [7, 11) is 3.93. The standard InChI is InChI=1S/C12H15BrN4/c1-14-11(12-7-17(2)8-16-12)4-9-3-10(13)6-15-5-9/h3,5-8,11,14H,4H2,1-2H3. The van der Waals surface area contributed by atoms with Crippen molar-refractivity contribution in [3.63, 3.8) is 0 Å². The van der Waals surface area contributed by atoms with Gasteiger partial charge in [-0.25, -0.2) is 4.98 Å². The molecule has 2 aromatic heterocycles. The lowest BCUT2D eigenvalue weighted by Gasteiger charge is -2.13. The van der Waals surface area contributed by atoms with E-state index in [1.54, 1.807) is 6.20 Å². The molecule has 0 saturated carbocycles. The van der Waals surface area contributed by atoms with Crippen molar-refractivity contribution in [2.75, 3.05) is 7.05 Å². The fraction of sp³-hybridized carbons (Fsp3) is 0.333. The zero-order valence-electron chi connectivity index (χ0n) is 9.89. The van der Waals surface area contributed by atoms with E-state index in [0.717, 1.165) is 16.6 Å². The molecule has 17 heavy (non-hydrogen) atoms. The van der Waals surface area contributed by atoms with Crippen LogP contribution in [0.15, 0.2) is 35.5 Å². The topological polar surface area (TPSA) is 42.7 Å². The smallest absolute Gasteiger partial charge is 0.0947 e. The third-order valence-corrected chi connectivity index (χ3v) is 3.07. The van der Waals surface area contributed by atoms with Crippen LogP contribution in [0.5, 0.6) is 0 Å². The van der Waals surface area contributed by atoms with Gasteiger partial charge in [0.05, 0.1) is 18.1 Å². The molecule has 4 nitrogen and oxygen atoms in total. The van der Waals surface area contributed by atoms with Gasteiger partial charge in [-0.2, -0.15) is 0 Å². The summed E-state index contributed by atoms with van der Waals surface area (Å²) < 4.78 is 2.96. The molecule has 0 aliphatic heterocycles. The van der Waals surface area contributed by atoms with Gasteiger partial charge in [0.1, 0.15) is 0 Å². The lowest BCUT2D eigenvalue weighted by molar-refractivity contribution is 0.577. The third-order valence-electron chi connectivity index (χ3n) is 2.63. The Morgan fingerprint density at radius 3 is 2.88 bits per heavy atom. The maximum absolute atomic E-state index is 4.37. The summed E-state index contributed by atoms with van der Waals surface area (Å²) in [6.07, 6.45) is 8.40. The molecule has 1 N–H and O–H groups in total. The van der Waals surface area contributed by atoms with E-state index in [4.69, 9.17) is 0 Å². The summed E-state index contributed by atoms with van der Waals surface area (Å²) >= 11 is 3.43.